The fourth-order valence-electron chi connectivity index (χ4n) is 2.03. The van der Waals surface area contributed by atoms with Gasteiger partial charge in [0.2, 0.25) is 0 Å². The predicted octanol–water partition coefficient (Wildman–Crippen LogP) is 1.72. The number of nitrogens with zero attached hydrogens (tertiary/aromatic N) is 3. The van der Waals surface area contributed by atoms with Crippen molar-refractivity contribution in [2.24, 2.45) is 0 Å². The second-order valence-corrected chi connectivity index (χ2v) is 5.84. The topological polar surface area (TPSA) is 66.2 Å². The highest BCUT2D eigenvalue weighted by Crippen LogP contribution is 2.17. The standard InChI is InChI=1S/C13H21N3O3/c1-9-11(12(17)19-13(2,3)4)14-15-16(9)8-10-6-5-7-18-10/h10H,5-8H2,1-4H3. The summed E-state index contributed by atoms with van der Waals surface area (Å²) in [5.41, 5.74) is 0.486. The van der Waals surface area contributed by atoms with Gasteiger partial charge in [0, 0.05) is 6.61 Å². The van der Waals surface area contributed by atoms with Gasteiger partial charge in [-0.3, -0.25) is 0 Å². The van der Waals surface area contributed by atoms with Crippen molar-refractivity contribution < 1.29 is 14.3 Å². The summed E-state index contributed by atoms with van der Waals surface area (Å²) in [4.78, 5) is 12.0. The minimum Gasteiger partial charge on any atom is -0.455 e. The lowest BCUT2D eigenvalue weighted by Gasteiger charge is -2.18. The largest absolute Gasteiger partial charge is 0.455 e. The Kier molecular flexibility index (Phi) is 3.89. The first kappa shape index (κ1) is 14.0. The summed E-state index contributed by atoms with van der Waals surface area (Å²) >= 11 is 0. The molecular formula is C13H21N3O3. The SMILES string of the molecule is Cc1c(C(=O)OC(C)(C)C)nnn1CC1CCCO1. The normalized spacial score (nSPS) is 19.7. The molecule has 1 aliphatic rings. The monoisotopic (exact) mass is 267 g/mol. The number of aromatic nitrogens is 3. The van der Waals surface area contributed by atoms with Gasteiger partial charge in [-0.2, -0.15) is 0 Å². The van der Waals surface area contributed by atoms with E-state index < -0.39 is 11.6 Å². The first-order chi connectivity index (χ1) is 8.87. The predicted molar refractivity (Wildman–Crippen MR) is 68.9 cm³/mol. The van der Waals surface area contributed by atoms with Gasteiger partial charge in [-0.05, 0) is 40.5 Å². The second kappa shape index (κ2) is 5.28. The van der Waals surface area contributed by atoms with E-state index in [1.807, 2.05) is 27.7 Å². The molecule has 2 rings (SSSR count). The van der Waals surface area contributed by atoms with Crippen LogP contribution in [0, 0.1) is 6.92 Å². The van der Waals surface area contributed by atoms with E-state index in [-0.39, 0.29) is 11.8 Å². The van der Waals surface area contributed by atoms with E-state index >= 15 is 0 Å². The highest BCUT2D eigenvalue weighted by Gasteiger charge is 2.25. The van der Waals surface area contributed by atoms with E-state index in [1.165, 1.54) is 0 Å². The molecule has 1 atom stereocenters. The van der Waals surface area contributed by atoms with Gasteiger partial charge in [-0.15, -0.1) is 5.10 Å². The van der Waals surface area contributed by atoms with Crippen LogP contribution in [0.4, 0.5) is 0 Å². The number of esters is 1. The van der Waals surface area contributed by atoms with Gasteiger partial charge >= 0.3 is 5.97 Å². The molecule has 0 aliphatic carbocycles. The van der Waals surface area contributed by atoms with Crippen LogP contribution in [0.2, 0.25) is 0 Å². The van der Waals surface area contributed by atoms with Crippen molar-refractivity contribution in [2.45, 2.75) is 58.8 Å². The molecule has 1 aromatic heterocycles. The third-order valence-corrected chi connectivity index (χ3v) is 2.98. The molecular weight excluding hydrogens is 246 g/mol. The van der Waals surface area contributed by atoms with Crippen molar-refractivity contribution in [1.82, 2.24) is 15.0 Å². The number of hydrogen-bond acceptors (Lipinski definition) is 5. The van der Waals surface area contributed by atoms with Crippen LogP contribution in [0.1, 0.15) is 49.8 Å². The highest BCUT2D eigenvalue weighted by molar-refractivity contribution is 5.88. The van der Waals surface area contributed by atoms with E-state index in [0.717, 1.165) is 25.1 Å². The molecule has 106 valence electrons. The van der Waals surface area contributed by atoms with Gasteiger partial charge in [0.25, 0.3) is 0 Å². The van der Waals surface area contributed by atoms with Gasteiger partial charge in [0.15, 0.2) is 5.69 Å². The molecule has 1 saturated heterocycles. The van der Waals surface area contributed by atoms with Crippen LogP contribution in [-0.4, -0.2) is 39.3 Å². The Morgan fingerprint density at radius 1 is 1.53 bits per heavy atom. The highest BCUT2D eigenvalue weighted by atomic mass is 16.6. The molecule has 1 unspecified atom stereocenters. The first-order valence-corrected chi connectivity index (χ1v) is 6.62. The molecule has 6 nitrogen and oxygen atoms in total. The second-order valence-electron chi connectivity index (χ2n) is 5.84. The molecule has 1 aliphatic heterocycles. The van der Waals surface area contributed by atoms with Crippen LogP contribution in [0.3, 0.4) is 0 Å². The van der Waals surface area contributed by atoms with Crippen molar-refractivity contribution in [1.29, 1.82) is 0 Å². The minimum absolute atomic E-state index is 0.173. The molecule has 0 spiro atoms. The lowest BCUT2D eigenvalue weighted by atomic mass is 10.2. The number of rotatable bonds is 3. The van der Waals surface area contributed by atoms with Crippen LogP contribution >= 0.6 is 0 Å². The summed E-state index contributed by atoms with van der Waals surface area (Å²) in [6, 6.07) is 0. The zero-order chi connectivity index (χ0) is 14.0. The molecule has 1 aromatic rings. The van der Waals surface area contributed by atoms with E-state index in [9.17, 15) is 4.79 Å². The average molecular weight is 267 g/mol. The summed E-state index contributed by atoms with van der Waals surface area (Å²) in [6.45, 7) is 8.76. The van der Waals surface area contributed by atoms with Crippen LogP contribution in [-0.2, 0) is 16.0 Å². The van der Waals surface area contributed by atoms with Crippen LogP contribution in [0.25, 0.3) is 0 Å². The van der Waals surface area contributed by atoms with Gasteiger partial charge in [-0.25, -0.2) is 9.48 Å². The third-order valence-electron chi connectivity index (χ3n) is 2.98. The number of carbonyl (C=O) groups excluding carboxylic acids is 1. The quantitative estimate of drug-likeness (QED) is 0.780. The maximum atomic E-state index is 12.0. The first-order valence-electron chi connectivity index (χ1n) is 6.62. The Hall–Kier alpha value is -1.43. The molecule has 0 bridgehead atoms. The van der Waals surface area contributed by atoms with E-state index in [0.29, 0.717) is 6.54 Å². The molecule has 0 saturated carbocycles. The van der Waals surface area contributed by atoms with Gasteiger partial charge in [-0.1, -0.05) is 5.21 Å². The Bertz CT molecular complexity index is 456. The van der Waals surface area contributed by atoms with E-state index in [4.69, 9.17) is 9.47 Å². The maximum absolute atomic E-state index is 12.0. The molecule has 1 fully saturated rings. The van der Waals surface area contributed by atoms with Gasteiger partial charge in [0.05, 0.1) is 18.3 Å². The van der Waals surface area contributed by atoms with Crippen LogP contribution < -0.4 is 0 Å². The molecule has 0 amide bonds. The smallest absolute Gasteiger partial charge is 0.361 e. The fourth-order valence-corrected chi connectivity index (χ4v) is 2.03. The van der Waals surface area contributed by atoms with E-state index in [1.54, 1.807) is 4.68 Å². The lowest BCUT2D eigenvalue weighted by molar-refractivity contribution is 0.00617. The molecule has 0 aromatic carbocycles. The number of hydrogen-bond donors (Lipinski definition) is 0. The molecule has 6 heteroatoms. The van der Waals surface area contributed by atoms with Crippen LogP contribution in [0.5, 0.6) is 0 Å². The Morgan fingerprint density at radius 3 is 2.84 bits per heavy atom. The van der Waals surface area contributed by atoms with Crippen molar-refractivity contribution in [3.8, 4) is 0 Å². The van der Waals surface area contributed by atoms with Gasteiger partial charge in [0.1, 0.15) is 5.60 Å². The molecule has 19 heavy (non-hydrogen) atoms. The summed E-state index contributed by atoms with van der Waals surface area (Å²) in [6.07, 6.45) is 2.28. The zero-order valence-electron chi connectivity index (χ0n) is 12.0. The summed E-state index contributed by atoms with van der Waals surface area (Å²) in [5, 5.41) is 7.94. The summed E-state index contributed by atoms with van der Waals surface area (Å²) < 4.78 is 12.6. The fraction of sp³-hybridized carbons (Fsp3) is 0.769. The molecule has 0 radical (unpaired) electrons. The number of ether oxygens (including phenoxy) is 2. The van der Waals surface area contributed by atoms with Crippen molar-refractivity contribution >= 4 is 5.97 Å². The van der Waals surface area contributed by atoms with Crippen molar-refractivity contribution in [3.05, 3.63) is 11.4 Å². The average Bonchev–Trinajstić information content (AvgIpc) is 2.88. The Balaban J connectivity index is 2.06. The lowest BCUT2D eigenvalue weighted by Crippen LogP contribution is -2.24. The van der Waals surface area contributed by atoms with Gasteiger partial charge < -0.3 is 9.47 Å². The summed E-state index contributed by atoms with van der Waals surface area (Å²) in [7, 11) is 0. The van der Waals surface area contributed by atoms with E-state index in [2.05, 4.69) is 10.3 Å². The Labute approximate surface area is 113 Å². The van der Waals surface area contributed by atoms with Crippen LogP contribution in [0.15, 0.2) is 0 Å². The third kappa shape index (κ3) is 3.53. The van der Waals surface area contributed by atoms with Crippen molar-refractivity contribution in [3.63, 3.8) is 0 Å². The molecule has 2 heterocycles. The van der Waals surface area contributed by atoms with Crippen molar-refractivity contribution in [2.75, 3.05) is 6.61 Å². The zero-order valence-corrected chi connectivity index (χ0v) is 12.0. The minimum atomic E-state index is -0.526. The Morgan fingerprint density at radius 2 is 2.26 bits per heavy atom. The molecule has 0 N–H and O–H groups in total. The summed E-state index contributed by atoms with van der Waals surface area (Å²) in [5.74, 6) is -0.427. The number of carbonyl (C=O) groups is 1. The maximum Gasteiger partial charge on any atom is 0.361 e.